The van der Waals surface area contributed by atoms with Gasteiger partial charge in [0.15, 0.2) is 12.2 Å². The summed E-state index contributed by atoms with van der Waals surface area (Å²) >= 11 is 0. The third-order valence-electron chi connectivity index (χ3n) is 6.06. The van der Waals surface area contributed by atoms with Crippen molar-refractivity contribution < 1.29 is 38.1 Å². The van der Waals surface area contributed by atoms with Crippen molar-refractivity contribution in [3.8, 4) is 0 Å². The van der Waals surface area contributed by atoms with E-state index in [0.29, 0.717) is 12.8 Å². The molecule has 0 aliphatic heterocycles. The van der Waals surface area contributed by atoms with Gasteiger partial charge in [-0.25, -0.2) is 19.2 Å². The first kappa shape index (κ1) is 27.1. The number of fused-ring (bicyclic) bond motifs is 1. The zero-order valence-electron chi connectivity index (χ0n) is 20.4. The Hall–Kier alpha value is -3.16. The highest BCUT2D eigenvalue weighted by Crippen LogP contribution is 2.46. The van der Waals surface area contributed by atoms with Crippen LogP contribution in [0.1, 0.15) is 53.4 Å². The smallest absolute Gasteiger partial charge is 0.333 e. The van der Waals surface area contributed by atoms with Gasteiger partial charge in [0.1, 0.15) is 12.2 Å². The third-order valence-corrected chi connectivity index (χ3v) is 6.06. The van der Waals surface area contributed by atoms with Gasteiger partial charge in [0.2, 0.25) is 0 Å². The van der Waals surface area contributed by atoms with E-state index < -0.39 is 48.3 Å². The van der Waals surface area contributed by atoms with Gasteiger partial charge < -0.3 is 18.9 Å². The Morgan fingerprint density at radius 1 is 0.500 bits per heavy atom. The number of carbonyl (C=O) groups is 4. The fourth-order valence-electron chi connectivity index (χ4n) is 4.34. The van der Waals surface area contributed by atoms with Crippen LogP contribution in [-0.2, 0) is 38.1 Å². The van der Waals surface area contributed by atoms with Gasteiger partial charge in [-0.3, -0.25) is 0 Å². The van der Waals surface area contributed by atoms with Crippen LogP contribution in [0.4, 0.5) is 0 Å². The van der Waals surface area contributed by atoms with E-state index in [-0.39, 0.29) is 34.1 Å². The summed E-state index contributed by atoms with van der Waals surface area (Å²) in [6, 6.07) is 0. The molecule has 6 unspecified atom stereocenters. The monoisotopic (exact) mass is 474 g/mol. The number of esters is 4. The van der Waals surface area contributed by atoms with E-state index in [4.69, 9.17) is 18.9 Å². The van der Waals surface area contributed by atoms with Crippen molar-refractivity contribution in [2.75, 3.05) is 0 Å². The van der Waals surface area contributed by atoms with E-state index in [9.17, 15) is 19.2 Å². The highest BCUT2D eigenvalue weighted by molar-refractivity contribution is 5.89. The molecule has 2 aliphatic carbocycles. The molecule has 0 radical (unpaired) electrons. The minimum atomic E-state index is -1.24. The van der Waals surface area contributed by atoms with Gasteiger partial charge in [0.25, 0.3) is 0 Å². The number of rotatable bonds is 8. The van der Waals surface area contributed by atoms with E-state index in [1.165, 1.54) is 27.7 Å². The molecule has 0 aromatic carbocycles. The maximum absolute atomic E-state index is 12.6. The largest absolute Gasteiger partial charge is 0.455 e. The van der Waals surface area contributed by atoms with Crippen LogP contribution in [0, 0.1) is 11.8 Å². The normalized spacial score (nSPS) is 27.9. The second-order valence-corrected chi connectivity index (χ2v) is 9.21. The van der Waals surface area contributed by atoms with Crippen LogP contribution in [0.3, 0.4) is 0 Å². The zero-order chi connectivity index (χ0) is 25.7. The Morgan fingerprint density at radius 3 is 0.971 bits per heavy atom. The van der Waals surface area contributed by atoms with Crippen LogP contribution < -0.4 is 0 Å². The zero-order valence-corrected chi connectivity index (χ0v) is 20.4. The summed E-state index contributed by atoms with van der Waals surface area (Å²) in [4.78, 5) is 50.2. The Bertz CT molecular complexity index is 840. The molecule has 6 atom stereocenters. The summed E-state index contributed by atoms with van der Waals surface area (Å²) in [6.45, 7) is 20.4. The molecule has 0 spiro atoms. The van der Waals surface area contributed by atoms with E-state index >= 15 is 0 Å². The van der Waals surface area contributed by atoms with Crippen LogP contribution in [-0.4, -0.2) is 48.3 Å². The summed E-state index contributed by atoms with van der Waals surface area (Å²) in [5, 5.41) is 0. The van der Waals surface area contributed by atoms with Gasteiger partial charge in [0, 0.05) is 34.1 Å². The fourth-order valence-corrected chi connectivity index (χ4v) is 4.34. The molecule has 2 rings (SSSR count). The predicted molar refractivity (Wildman–Crippen MR) is 124 cm³/mol. The van der Waals surface area contributed by atoms with Gasteiger partial charge >= 0.3 is 23.9 Å². The maximum atomic E-state index is 12.6. The van der Waals surface area contributed by atoms with E-state index in [1.54, 1.807) is 0 Å². The van der Waals surface area contributed by atoms with Crippen molar-refractivity contribution in [1.29, 1.82) is 0 Å². The Morgan fingerprint density at radius 2 is 0.735 bits per heavy atom. The SMILES string of the molecule is C=C(C)C(=O)OC1C2CCCCC2C(OC(=O)C(=C)C)C(OC(=O)C(=C)C)C1OC(=O)C(=C)C. The highest BCUT2D eigenvalue weighted by atomic mass is 16.6. The van der Waals surface area contributed by atoms with Crippen molar-refractivity contribution in [3.63, 3.8) is 0 Å². The molecule has 0 heterocycles. The molecule has 8 heteroatoms. The number of hydrogen-bond acceptors (Lipinski definition) is 8. The average Bonchev–Trinajstić information content (AvgIpc) is 2.77. The first-order valence-electron chi connectivity index (χ1n) is 11.3. The van der Waals surface area contributed by atoms with E-state index in [2.05, 4.69) is 26.3 Å². The van der Waals surface area contributed by atoms with Gasteiger partial charge in [-0.2, -0.15) is 0 Å². The second-order valence-electron chi connectivity index (χ2n) is 9.21. The topological polar surface area (TPSA) is 105 Å². The van der Waals surface area contributed by atoms with Gasteiger partial charge in [-0.1, -0.05) is 39.2 Å². The Labute approximate surface area is 200 Å². The van der Waals surface area contributed by atoms with Crippen LogP contribution in [0.25, 0.3) is 0 Å². The molecule has 0 N–H and O–H groups in total. The Kier molecular flexibility index (Phi) is 9.01. The van der Waals surface area contributed by atoms with Crippen molar-refractivity contribution in [3.05, 3.63) is 48.6 Å². The molecule has 2 aliphatic rings. The molecule has 34 heavy (non-hydrogen) atoms. The first-order valence-corrected chi connectivity index (χ1v) is 11.3. The molecule has 8 nitrogen and oxygen atoms in total. The highest BCUT2D eigenvalue weighted by Gasteiger charge is 2.58. The number of ether oxygens (including phenoxy) is 4. The lowest BCUT2D eigenvalue weighted by atomic mass is 9.65. The first-order chi connectivity index (χ1) is 15.8. The van der Waals surface area contributed by atoms with Crippen molar-refractivity contribution in [2.24, 2.45) is 11.8 Å². The molecule has 0 aromatic heterocycles. The fraction of sp³-hybridized carbons (Fsp3) is 0.538. The molecular formula is C26H34O8. The van der Waals surface area contributed by atoms with E-state index in [1.807, 2.05) is 0 Å². The second kappa shape index (κ2) is 11.3. The molecule has 0 amide bonds. The van der Waals surface area contributed by atoms with Gasteiger partial charge in [-0.05, 0) is 40.5 Å². The van der Waals surface area contributed by atoms with Crippen LogP contribution >= 0.6 is 0 Å². The quantitative estimate of drug-likeness (QED) is 0.297. The summed E-state index contributed by atoms with van der Waals surface area (Å²) in [6.07, 6.45) is -1.39. The lowest BCUT2D eigenvalue weighted by molar-refractivity contribution is -0.232. The minimum absolute atomic E-state index is 0.108. The summed E-state index contributed by atoms with van der Waals surface area (Å²) < 4.78 is 22.9. The van der Waals surface area contributed by atoms with Crippen LogP contribution in [0.5, 0.6) is 0 Å². The van der Waals surface area contributed by atoms with Crippen LogP contribution in [0.2, 0.25) is 0 Å². The molecule has 0 bridgehead atoms. The minimum Gasteiger partial charge on any atom is -0.455 e. The van der Waals surface area contributed by atoms with Crippen molar-refractivity contribution in [2.45, 2.75) is 77.8 Å². The lowest BCUT2D eigenvalue weighted by Crippen LogP contribution is -2.63. The standard InChI is InChI=1S/C26H34O8/c1-13(2)23(27)31-19-17-11-9-10-12-18(17)20(32-24(28)14(3)4)22(34-26(30)16(7)8)21(19)33-25(29)15(5)6/h17-22H,1,3,5,7,9-12H2,2,4,6,8H3. The number of carbonyl (C=O) groups excluding carboxylic acids is 4. The molecule has 186 valence electrons. The summed E-state index contributed by atoms with van der Waals surface area (Å²) in [5.74, 6) is -3.43. The van der Waals surface area contributed by atoms with Crippen LogP contribution in [0.15, 0.2) is 48.6 Å². The molecular weight excluding hydrogens is 440 g/mol. The maximum Gasteiger partial charge on any atom is 0.333 e. The van der Waals surface area contributed by atoms with Gasteiger partial charge in [-0.15, -0.1) is 0 Å². The van der Waals surface area contributed by atoms with Crippen molar-refractivity contribution >= 4 is 23.9 Å². The molecule has 2 saturated carbocycles. The third kappa shape index (κ3) is 6.24. The predicted octanol–water partition coefficient (Wildman–Crippen LogP) is 3.76. The molecule has 0 saturated heterocycles. The lowest BCUT2D eigenvalue weighted by Gasteiger charge is -2.50. The van der Waals surface area contributed by atoms with Crippen molar-refractivity contribution in [1.82, 2.24) is 0 Å². The Balaban J connectivity index is 2.62. The average molecular weight is 475 g/mol. The summed E-state index contributed by atoms with van der Waals surface area (Å²) in [7, 11) is 0. The molecule has 2 fully saturated rings. The molecule has 0 aromatic rings. The van der Waals surface area contributed by atoms with Gasteiger partial charge in [0.05, 0.1) is 0 Å². The summed E-state index contributed by atoms with van der Waals surface area (Å²) in [5.41, 5.74) is 0.555. The number of hydrogen-bond donors (Lipinski definition) is 0. The van der Waals surface area contributed by atoms with E-state index in [0.717, 1.165) is 12.8 Å².